The second-order valence-electron chi connectivity index (χ2n) is 13.1. The molecule has 6 aromatic rings. The van der Waals surface area contributed by atoms with Gasteiger partial charge in [-0.05, 0) is 41.5 Å². The van der Waals surface area contributed by atoms with E-state index in [1.807, 2.05) is 75.6 Å². The van der Waals surface area contributed by atoms with Crippen LogP contribution in [0.4, 0.5) is 28.4 Å². The molecule has 0 aromatic heterocycles. The molecule has 1 fully saturated rings. The molecule has 9 heteroatoms. The van der Waals surface area contributed by atoms with Gasteiger partial charge in [0.25, 0.3) is 0 Å². The lowest BCUT2D eigenvalue weighted by Gasteiger charge is -2.49. The molecule has 0 amide bonds. The van der Waals surface area contributed by atoms with Crippen molar-refractivity contribution in [2.75, 3.05) is 61.0 Å². The molecule has 1 heterocycles. The van der Waals surface area contributed by atoms with Crippen LogP contribution >= 0.6 is 0 Å². The van der Waals surface area contributed by atoms with Gasteiger partial charge in [0.1, 0.15) is 11.5 Å². The molecule has 2 aliphatic rings. The molecule has 1 saturated carbocycles. The summed E-state index contributed by atoms with van der Waals surface area (Å²) in [7, 11) is 7.90. The standard InChI is InChI=1S/C37H37N5O4/c1-40(2)34-18-9-6-12-23(43)26(18)31(27-19(34)10-7-13-24(27)44)33-36(45)32(37(33)46)30-25-17(8-5-11-20(25)38)35-29-22(41(3)16-42(35)4)15-14-21(39)28(29)30/h5-15,32-33,36-37,43-46H,16,38-39H2,1-4H3. The number of aliphatic hydroxyl groups excluding tert-OH is 2. The Hall–Kier alpha value is -5.12. The smallest absolute Gasteiger partial charge is 0.123 e. The first-order valence-electron chi connectivity index (χ1n) is 15.4. The van der Waals surface area contributed by atoms with Gasteiger partial charge in [-0.1, -0.05) is 36.4 Å². The van der Waals surface area contributed by atoms with Gasteiger partial charge in [-0.2, -0.15) is 0 Å². The summed E-state index contributed by atoms with van der Waals surface area (Å²) in [6.07, 6.45) is -2.19. The summed E-state index contributed by atoms with van der Waals surface area (Å²) >= 11 is 0. The van der Waals surface area contributed by atoms with E-state index in [1.165, 1.54) is 0 Å². The molecule has 46 heavy (non-hydrogen) atoms. The number of rotatable bonds is 3. The van der Waals surface area contributed by atoms with Crippen LogP contribution in [0.2, 0.25) is 0 Å². The van der Waals surface area contributed by atoms with Crippen molar-refractivity contribution in [2.24, 2.45) is 0 Å². The fraction of sp³-hybridized carbons (Fsp3) is 0.243. The summed E-state index contributed by atoms with van der Waals surface area (Å²) in [6, 6.07) is 20.3. The minimum absolute atomic E-state index is 0.00945. The van der Waals surface area contributed by atoms with Crippen LogP contribution in [0.5, 0.6) is 11.5 Å². The molecule has 1 aliphatic heterocycles. The molecule has 234 valence electrons. The number of nitrogens with two attached hydrogens (primary N) is 2. The molecule has 9 nitrogen and oxygen atoms in total. The van der Waals surface area contributed by atoms with Gasteiger partial charge >= 0.3 is 0 Å². The van der Waals surface area contributed by atoms with Crippen LogP contribution in [0.25, 0.3) is 43.1 Å². The van der Waals surface area contributed by atoms with E-state index in [4.69, 9.17) is 11.5 Å². The van der Waals surface area contributed by atoms with E-state index < -0.39 is 24.0 Å². The average molecular weight is 616 g/mol. The third kappa shape index (κ3) is 3.52. The summed E-state index contributed by atoms with van der Waals surface area (Å²) in [6.45, 7) is 0.669. The molecular formula is C37H37N5O4. The zero-order chi connectivity index (χ0) is 32.3. The molecule has 2 unspecified atom stereocenters. The maximum atomic E-state index is 12.3. The second kappa shape index (κ2) is 9.69. The van der Waals surface area contributed by atoms with Crippen LogP contribution in [0, 0.1) is 0 Å². The fourth-order valence-corrected chi connectivity index (χ4v) is 8.49. The molecule has 8 rings (SSSR count). The van der Waals surface area contributed by atoms with Gasteiger partial charge in [-0.25, -0.2) is 0 Å². The second-order valence-corrected chi connectivity index (χ2v) is 13.1. The van der Waals surface area contributed by atoms with Gasteiger partial charge in [0.05, 0.1) is 30.3 Å². The predicted octanol–water partition coefficient (Wildman–Crippen LogP) is 5.39. The first-order valence-corrected chi connectivity index (χ1v) is 15.4. The van der Waals surface area contributed by atoms with E-state index in [-0.39, 0.29) is 11.5 Å². The van der Waals surface area contributed by atoms with Gasteiger partial charge in [-0.3, -0.25) is 0 Å². The van der Waals surface area contributed by atoms with E-state index in [2.05, 4.69) is 9.80 Å². The number of fused-ring (bicyclic) bond motifs is 4. The number of hydrogen-bond acceptors (Lipinski definition) is 9. The summed E-state index contributed by atoms with van der Waals surface area (Å²) in [4.78, 5) is 6.28. The molecule has 0 radical (unpaired) electrons. The number of anilines is 5. The van der Waals surface area contributed by atoms with Crippen molar-refractivity contribution in [3.05, 3.63) is 77.9 Å². The van der Waals surface area contributed by atoms with E-state index >= 15 is 0 Å². The Labute approximate surface area is 266 Å². The van der Waals surface area contributed by atoms with Crippen LogP contribution in [0.15, 0.2) is 66.7 Å². The zero-order valence-corrected chi connectivity index (χ0v) is 26.2. The minimum Gasteiger partial charge on any atom is -0.507 e. The fourth-order valence-electron chi connectivity index (χ4n) is 8.49. The predicted molar refractivity (Wildman–Crippen MR) is 189 cm³/mol. The molecule has 8 N–H and O–H groups in total. The Morgan fingerprint density at radius 1 is 0.630 bits per heavy atom. The summed E-state index contributed by atoms with van der Waals surface area (Å²) in [5, 5.41) is 53.2. The van der Waals surface area contributed by atoms with Gasteiger partial charge in [0.15, 0.2) is 0 Å². The Bertz CT molecular complexity index is 2200. The van der Waals surface area contributed by atoms with Gasteiger partial charge in [0.2, 0.25) is 0 Å². The highest BCUT2D eigenvalue weighted by molar-refractivity contribution is 6.24. The highest BCUT2D eigenvalue weighted by Crippen LogP contribution is 2.59. The van der Waals surface area contributed by atoms with Crippen molar-refractivity contribution >= 4 is 71.5 Å². The number of phenolic OH excluding ortho intramolecular Hbond substituents is 2. The summed E-state index contributed by atoms with van der Waals surface area (Å²) in [5.41, 5.74) is 18.6. The molecule has 1 aliphatic carbocycles. The molecule has 0 bridgehead atoms. The summed E-state index contributed by atoms with van der Waals surface area (Å²) < 4.78 is 0. The topological polar surface area (TPSA) is 143 Å². The van der Waals surface area contributed by atoms with Crippen molar-refractivity contribution in [2.45, 2.75) is 24.0 Å². The Balaban J connectivity index is 1.44. The maximum absolute atomic E-state index is 12.3. The lowest BCUT2D eigenvalue weighted by Crippen LogP contribution is -2.52. The zero-order valence-electron chi connectivity index (χ0n) is 26.2. The quantitative estimate of drug-likeness (QED) is 0.114. The molecule has 2 atom stereocenters. The average Bonchev–Trinajstić information content (AvgIpc) is 3.00. The highest BCUT2D eigenvalue weighted by atomic mass is 16.3. The first-order chi connectivity index (χ1) is 22.0. The van der Waals surface area contributed by atoms with Crippen LogP contribution in [-0.2, 0) is 0 Å². The Morgan fingerprint density at radius 2 is 1.15 bits per heavy atom. The number of hydrogen-bond donors (Lipinski definition) is 6. The van der Waals surface area contributed by atoms with E-state index in [9.17, 15) is 20.4 Å². The van der Waals surface area contributed by atoms with Gasteiger partial charge < -0.3 is 46.6 Å². The maximum Gasteiger partial charge on any atom is 0.123 e. The summed E-state index contributed by atoms with van der Waals surface area (Å²) in [5.74, 6) is -1.56. The van der Waals surface area contributed by atoms with Crippen molar-refractivity contribution in [1.29, 1.82) is 0 Å². The van der Waals surface area contributed by atoms with Crippen LogP contribution in [0.3, 0.4) is 0 Å². The van der Waals surface area contributed by atoms with Crippen LogP contribution in [0.1, 0.15) is 23.0 Å². The van der Waals surface area contributed by atoms with Crippen molar-refractivity contribution in [3.8, 4) is 11.5 Å². The van der Waals surface area contributed by atoms with Crippen molar-refractivity contribution in [1.82, 2.24) is 0 Å². The van der Waals surface area contributed by atoms with Gasteiger partial charge in [0, 0.05) is 100 Å². The Kier molecular flexibility index (Phi) is 5.97. The van der Waals surface area contributed by atoms with Crippen molar-refractivity contribution in [3.63, 3.8) is 0 Å². The first kappa shape index (κ1) is 28.4. The van der Waals surface area contributed by atoms with Crippen LogP contribution < -0.4 is 26.2 Å². The number of aliphatic hydroxyl groups is 2. The van der Waals surface area contributed by atoms with Gasteiger partial charge in [-0.15, -0.1) is 0 Å². The lowest BCUT2D eigenvalue weighted by molar-refractivity contribution is -0.0765. The third-order valence-electron chi connectivity index (χ3n) is 10.3. The number of nitrogens with zero attached hydrogens (tertiary/aromatic N) is 3. The lowest BCUT2D eigenvalue weighted by atomic mass is 9.60. The molecule has 0 saturated heterocycles. The largest absolute Gasteiger partial charge is 0.507 e. The van der Waals surface area contributed by atoms with Crippen LogP contribution in [-0.4, -0.2) is 67.5 Å². The van der Waals surface area contributed by atoms with E-state index in [0.29, 0.717) is 39.9 Å². The van der Waals surface area contributed by atoms with E-state index in [1.54, 1.807) is 24.3 Å². The number of aromatic hydroxyl groups is 2. The van der Waals surface area contributed by atoms with Crippen molar-refractivity contribution < 1.29 is 20.4 Å². The third-order valence-corrected chi connectivity index (χ3v) is 10.3. The number of phenols is 2. The SMILES string of the molecule is CN(C)c1c2cccc(O)c2c(C2C(O)C(c3c4c(N)cccc4c4c5c(ccc(N)c35)N(C)CN4C)C2O)c2c(O)cccc12. The van der Waals surface area contributed by atoms with E-state index in [0.717, 1.165) is 49.4 Å². The number of nitrogen functional groups attached to an aromatic ring is 2. The normalized spacial score (nSPS) is 21.0. The Morgan fingerprint density at radius 3 is 1.74 bits per heavy atom. The molecular weight excluding hydrogens is 578 g/mol. The minimum atomic E-state index is -1.09. The monoisotopic (exact) mass is 615 g/mol. The molecule has 0 spiro atoms. The number of benzene rings is 6. The highest BCUT2D eigenvalue weighted by Gasteiger charge is 2.53. The molecule has 6 aromatic carbocycles.